The van der Waals surface area contributed by atoms with Gasteiger partial charge in [0.05, 0.1) is 13.3 Å². The molecule has 0 aromatic carbocycles. The third-order valence-electron chi connectivity index (χ3n) is 1.17. The molecule has 0 fully saturated rings. The molecule has 0 aliphatic rings. The molecule has 0 amide bonds. The van der Waals surface area contributed by atoms with Gasteiger partial charge in [-0.05, 0) is 7.05 Å². The van der Waals surface area contributed by atoms with Gasteiger partial charge in [-0.25, -0.2) is 18.1 Å². The quantitative estimate of drug-likeness (QED) is 0.762. The Kier molecular flexibility index (Phi) is 2.65. The standard InChI is InChI=1S/C5H8N2O3S2/c1-6-12(8,9)4-3-7-5(10-2)11-4/h3,6H,1-2H3. The van der Waals surface area contributed by atoms with Crippen LogP contribution in [0, 0.1) is 0 Å². The number of nitrogens with one attached hydrogen (secondary N) is 1. The second-order valence-electron chi connectivity index (χ2n) is 1.86. The van der Waals surface area contributed by atoms with Crippen LogP contribution in [0.25, 0.3) is 0 Å². The van der Waals surface area contributed by atoms with E-state index in [-0.39, 0.29) is 4.21 Å². The first-order valence-corrected chi connectivity index (χ1v) is 5.33. The zero-order valence-electron chi connectivity index (χ0n) is 6.57. The summed E-state index contributed by atoms with van der Waals surface area (Å²) in [5, 5.41) is 0.337. The van der Waals surface area contributed by atoms with E-state index in [9.17, 15) is 8.42 Å². The predicted molar refractivity (Wildman–Crippen MR) is 44.9 cm³/mol. The Morgan fingerprint density at radius 2 is 2.33 bits per heavy atom. The highest BCUT2D eigenvalue weighted by Gasteiger charge is 2.15. The first-order chi connectivity index (χ1) is 5.60. The fourth-order valence-corrected chi connectivity index (χ4v) is 2.32. The summed E-state index contributed by atoms with van der Waals surface area (Å²) in [6.07, 6.45) is 1.26. The summed E-state index contributed by atoms with van der Waals surface area (Å²) in [4.78, 5) is 3.73. The molecule has 0 unspecified atom stereocenters. The van der Waals surface area contributed by atoms with E-state index < -0.39 is 10.0 Å². The van der Waals surface area contributed by atoms with Crippen LogP contribution >= 0.6 is 11.3 Å². The van der Waals surface area contributed by atoms with E-state index in [0.29, 0.717) is 5.19 Å². The molecule has 68 valence electrons. The maximum Gasteiger partial charge on any atom is 0.274 e. The highest BCUT2D eigenvalue weighted by atomic mass is 32.2. The van der Waals surface area contributed by atoms with Crippen LogP contribution in [0.4, 0.5) is 0 Å². The molecular formula is C5H8N2O3S2. The first-order valence-electron chi connectivity index (χ1n) is 3.03. The number of methoxy groups -OCH3 is 1. The van der Waals surface area contributed by atoms with E-state index in [1.54, 1.807) is 0 Å². The summed E-state index contributed by atoms with van der Waals surface area (Å²) >= 11 is 0.981. The molecule has 1 N–H and O–H groups in total. The third kappa shape index (κ3) is 1.74. The maximum atomic E-state index is 11.1. The van der Waals surface area contributed by atoms with Gasteiger partial charge in [0.15, 0.2) is 4.21 Å². The van der Waals surface area contributed by atoms with Crippen molar-refractivity contribution in [3.63, 3.8) is 0 Å². The van der Waals surface area contributed by atoms with Gasteiger partial charge < -0.3 is 4.74 Å². The number of nitrogens with zero attached hydrogens (tertiary/aromatic N) is 1. The number of hydrogen-bond acceptors (Lipinski definition) is 5. The molecule has 5 nitrogen and oxygen atoms in total. The van der Waals surface area contributed by atoms with Gasteiger partial charge in [0, 0.05) is 0 Å². The largest absolute Gasteiger partial charge is 0.473 e. The highest BCUT2D eigenvalue weighted by molar-refractivity contribution is 7.91. The molecule has 1 heterocycles. The summed E-state index contributed by atoms with van der Waals surface area (Å²) in [6.45, 7) is 0. The van der Waals surface area contributed by atoms with Crippen molar-refractivity contribution in [2.75, 3.05) is 14.2 Å². The van der Waals surface area contributed by atoms with Gasteiger partial charge in [0.1, 0.15) is 0 Å². The van der Waals surface area contributed by atoms with Gasteiger partial charge >= 0.3 is 0 Å². The molecule has 0 aliphatic carbocycles. The lowest BCUT2D eigenvalue weighted by Gasteiger charge is -1.94. The molecule has 0 radical (unpaired) electrons. The van der Waals surface area contributed by atoms with Gasteiger partial charge in [-0.2, -0.15) is 0 Å². The van der Waals surface area contributed by atoms with Crippen molar-refractivity contribution >= 4 is 21.4 Å². The first kappa shape index (κ1) is 9.43. The van der Waals surface area contributed by atoms with Crippen LogP contribution in [0.15, 0.2) is 10.4 Å². The smallest absolute Gasteiger partial charge is 0.274 e. The van der Waals surface area contributed by atoms with E-state index in [2.05, 4.69) is 9.71 Å². The molecule has 0 atom stereocenters. The lowest BCUT2D eigenvalue weighted by molar-refractivity contribution is 0.412. The van der Waals surface area contributed by atoms with Crippen molar-refractivity contribution in [1.29, 1.82) is 0 Å². The van der Waals surface area contributed by atoms with E-state index >= 15 is 0 Å². The Bertz CT molecular complexity index is 357. The molecule has 1 aromatic rings. The van der Waals surface area contributed by atoms with Gasteiger partial charge in [0.2, 0.25) is 0 Å². The summed E-state index contributed by atoms with van der Waals surface area (Å²) in [6, 6.07) is 0. The Hall–Kier alpha value is -0.660. The predicted octanol–water partition coefficient (Wildman–Crippen LogP) is 0.0598. The zero-order valence-corrected chi connectivity index (χ0v) is 8.20. The molecule has 7 heteroatoms. The molecule has 0 aliphatic heterocycles. The number of rotatable bonds is 3. The third-order valence-corrected chi connectivity index (χ3v) is 4.01. The van der Waals surface area contributed by atoms with Gasteiger partial charge in [-0.3, -0.25) is 0 Å². The summed E-state index contributed by atoms with van der Waals surface area (Å²) in [5.74, 6) is 0. The van der Waals surface area contributed by atoms with E-state index in [1.807, 2.05) is 0 Å². The Labute approximate surface area is 74.4 Å². The van der Waals surface area contributed by atoms with Crippen LogP contribution in [0.2, 0.25) is 0 Å². The topological polar surface area (TPSA) is 68.3 Å². The van der Waals surface area contributed by atoms with Crippen molar-refractivity contribution in [1.82, 2.24) is 9.71 Å². The summed E-state index contributed by atoms with van der Waals surface area (Å²) < 4.78 is 29.4. The van der Waals surface area contributed by atoms with E-state index in [1.165, 1.54) is 20.4 Å². The number of thiazole rings is 1. The van der Waals surface area contributed by atoms with Gasteiger partial charge in [-0.1, -0.05) is 11.3 Å². The maximum absolute atomic E-state index is 11.1. The molecular weight excluding hydrogens is 200 g/mol. The van der Waals surface area contributed by atoms with E-state index in [4.69, 9.17) is 4.74 Å². The number of sulfonamides is 1. The lowest BCUT2D eigenvalue weighted by atomic mass is 11.0. The Balaban J connectivity index is 3.05. The highest BCUT2D eigenvalue weighted by Crippen LogP contribution is 2.23. The van der Waals surface area contributed by atoms with Crippen molar-refractivity contribution in [3.8, 4) is 5.19 Å². The average Bonchev–Trinajstić information content (AvgIpc) is 2.52. The molecule has 1 rings (SSSR count). The van der Waals surface area contributed by atoms with Crippen molar-refractivity contribution in [3.05, 3.63) is 6.20 Å². The monoisotopic (exact) mass is 208 g/mol. The number of aromatic nitrogens is 1. The Morgan fingerprint density at radius 3 is 2.75 bits per heavy atom. The minimum Gasteiger partial charge on any atom is -0.473 e. The minimum absolute atomic E-state index is 0.154. The van der Waals surface area contributed by atoms with Crippen molar-refractivity contribution in [2.24, 2.45) is 0 Å². The fourth-order valence-electron chi connectivity index (χ4n) is 0.563. The molecule has 0 saturated heterocycles. The van der Waals surface area contributed by atoms with Crippen molar-refractivity contribution < 1.29 is 13.2 Å². The van der Waals surface area contributed by atoms with Gasteiger partial charge in [0.25, 0.3) is 15.2 Å². The van der Waals surface area contributed by atoms with Gasteiger partial charge in [-0.15, -0.1) is 0 Å². The summed E-state index contributed by atoms with van der Waals surface area (Å²) in [5.41, 5.74) is 0. The SMILES string of the molecule is CNS(=O)(=O)c1cnc(OC)s1. The molecule has 12 heavy (non-hydrogen) atoms. The second-order valence-corrected chi connectivity index (χ2v) is 4.96. The van der Waals surface area contributed by atoms with Crippen LogP contribution in [0.1, 0.15) is 0 Å². The van der Waals surface area contributed by atoms with E-state index in [0.717, 1.165) is 11.3 Å². The normalized spacial score (nSPS) is 11.5. The lowest BCUT2D eigenvalue weighted by Crippen LogP contribution is -2.17. The van der Waals surface area contributed by atoms with Crippen LogP contribution in [-0.2, 0) is 10.0 Å². The minimum atomic E-state index is -3.36. The van der Waals surface area contributed by atoms with Crippen LogP contribution in [0.5, 0.6) is 5.19 Å². The molecule has 0 bridgehead atoms. The summed E-state index contributed by atoms with van der Waals surface area (Å²) in [7, 11) is -0.574. The number of hydrogen-bond donors (Lipinski definition) is 1. The number of ether oxygens (including phenoxy) is 1. The molecule has 1 aromatic heterocycles. The average molecular weight is 208 g/mol. The molecule has 0 spiro atoms. The van der Waals surface area contributed by atoms with Crippen LogP contribution < -0.4 is 9.46 Å². The second kappa shape index (κ2) is 3.38. The van der Waals surface area contributed by atoms with Crippen molar-refractivity contribution in [2.45, 2.75) is 4.21 Å². The Morgan fingerprint density at radius 1 is 1.67 bits per heavy atom. The fraction of sp³-hybridized carbons (Fsp3) is 0.400. The zero-order chi connectivity index (χ0) is 9.19. The van der Waals surface area contributed by atoms with Crippen LogP contribution in [0.3, 0.4) is 0 Å². The van der Waals surface area contributed by atoms with Crippen LogP contribution in [-0.4, -0.2) is 27.6 Å². The molecule has 0 saturated carbocycles.